The van der Waals surface area contributed by atoms with Crippen molar-refractivity contribution >= 4 is 27.4 Å². The standard InChI is InChI=1S/C15H11BrN4/c1-9-12(16)5-6-13-19-14(15(18)20(9)13)11-4-2-3-10(7-11)8-17/h2-7H,18H2,1H3. The Labute approximate surface area is 124 Å². The Bertz CT molecular complexity index is 858. The number of nitrogens with zero attached hydrogens (tertiary/aromatic N) is 3. The maximum atomic E-state index is 8.99. The van der Waals surface area contributed by atoms with Gasteiger partial charge in [0.1, 0.15) is 17.2 Å². The smallest absolute Gasteiger partial charge is 0.139 e. The topological polar surface area (TPSA) is 67.1 Å². The minimum Gasteiger partial charge on any atom is -0.383 e. The number of pyridine rings is 1. The van der Waals surface area contributed by atoms with Gasteiger partial charge in [-0.15, -0.1) is 0 Å². The Balaban J connectivity index is 2.30. The van der Waals surface area contributed by atoms with E-state index in [1.165, 1.54) is 0 Å². The minimum atomic E-state index is 0.578. The average Bonchev–Trinajstić information content (AvgIpc) is 2.81. The fraction of sp³-hybridized carbons (Fsp3) is 0.0667. The number of benzene rings is 1. The molecule has 5 heteroatoms. The van der Waals surface area contributed by atoms with Crippen molar-refractivity contribution in [3.8, 4) is 17.3 Å². The summed E-state index contributed by atoms with van der Waals surface area (Å²) in [6, 6.07) is 13.3. The second-order valence-corrected chi connectivity index (χ2v) is 5.35. The van der Waals surface area contributed by atoms with E-state index in [0.717, 1.165) is 21.4 Å². The van der Waals surface area contributed by atoms with E-state index >= 15 is 0 Å². The SMILES string of the molecule is Cc1c(Br)ccc2nc(-c3cccc(C#N)c3)c(N)n12. The number of aryl methyl sites for hydroxylation is 1. The largest absolute Gasteiger partial charge is 0.383 e. The zero-order valence-corrected chi connectivity index (χ0v) is 12.3. The monoisotopic (exact) mass is 326 g/mol. The molecular weight excluding hydrogens is 316 g/mol. The molecule has 98 valence electrons. The summed E-state index contributed by atoms with van der Waals surface area (Å²) in [7, 11) is 0. The number of halogens is 1. The van der Waals surface area contributed by atoms with Crippen LogP contribution in [0.2, 0.25) is 0 Å². The van der Waals surface area contributed by atoms with Crippen LogP contribution in [0.15, 0.2) is 40.9 Å². The van der Waals surface area contributed by atoms with Crippen LogP contribution in [-0.2, 0) is 0 Å². The molecule has 0 saturated carbocycles. The molecule has 0 aliphatic heterocycles. The van der Waals surface area contributed by atoms with Gasteiger partial charge in [0.05, 0.1) is 11.6 Å². The number of nitrogens with two attached hydrogens (primary N) is 1. The van der Waals surface area contributed by atoms with Gasteiger partial charge in [-0.2, -0.15) is 5.26 Å². The van der Waals surface area contributed by atoms with E-state index < -0.39 is 0 Å². The van der Waals surface area contributed by atoms with Crippen molar-refractivity contribution in [1.82, 2.24) is 9.38 Å². The van der Waals surface area contributed by atoms with Crippen molar-refractivity contribution in [2.24, 2.45) is 0 Å². The molecule has 0 atom stereocenters. The number of nitrogen functional groups attached to an aromatic ring is 1. The van der Waals surface area contributed by atoms with Crippen molar-refractivity contribution in [2.45, 2.75) is 6.92 Å². The highest BCUT2D eigenvalue weighted by Gasteiger charge is 2.14. The molecule has 0 aliphatic rings. The second kappa shape index (κ2) is 4.66. The van der Waals surface area contributed by atoms with Crippen molar-refractivity contribution in [2.75, 3.05) is 5.73 Å². The summed E-state index contributed by atoms with van der Waals surface area (Å²) in [5.74, 6) is 0.578. The Hall–Kier alpha value is -2.32. The zero-order valence-electron chi connectivity index (χ0n) is 10.8. The summed E-state index contributed by atoms with van der Waals surface area (Å²) in [6.45, 7) is 1.98. The highest BCUT2D eigenvalue weighted by molar-refractivity contribution is 9.10. The van der Waals surface area contributed by atoms with Gasteiger partial charge in [-0.05, 0) is 47.1 Å². The van der Waals surface area contributed by atoms with Gasteiger partial charge in [-0.3, -0.25) is 4.40 Å². The van der Waals surface area contributed by atoms with Crippen LogP contribution in [0.1, 0.15) is 11.3 Å². The van der Waals surface area contributed by atoms with E-state index in [4.69, 9.17) is 11.0 Å². The van der Waals surface area contributed by atoms with Crippen LogP contribution in [0.5, 0.6) is 0 Å². The molecular formula is C15H11BrN4. The summed E-state index contributed by atoms with van der Waals surface area (Å²) in [4.78, 5) is 4.57. The predicted molar refractivity (Wildman–Crippen MR) is 82.2 cm³/mol. The fourth-order valence-corrected chi connectivity index (χ4v) is 2.55. The lowest BCUT2D eigenvalue weighted by atomic mass is 10.1. The highest BCUT2D eigenvalue weighted by atomic mass is 79.9. The first-order valence-corrected chi connectivity index (χ1v) is 6.84. The number of rotatable bonds is 1. The second-order valence-electron chi connectivity index (χ2n) is 4.50. The number of nitriles is 1. The maximum absolute atomic E-state index is 8.99. The minimum absolute atomic E-state index is 0.578. The van der Waals surface area contributed by atoms with Gasteiger partial charge in [0.2, 0.25) is 0 Å². The maximum Gasteiger partial charge on any atom is 0.139 e. The number of fused-ring (bicyclic) bond motifs is 1. The zero-order chi connectivity index (χ0) is 14.3. The average molecular weight is 327 g/mol. The van der Waals surface area contributed by atoms with Gasteiger partial charge < -0.3 is 5.73 Å². The van der Waals surface area contributed by atoms with E-state index in [0.29, 0.717) is 17.1 Å². The van der Waals surface area contributed by atoms with Crippen LogP contribution < -0.4 is 5.73 Å². The molecule has 4 nitrogen and oxygen atoms in total. The van der Waals surface area contributed by atoms with Crippen molar-refractivity contribution < 1.29 is 0 Å². The lowest BCUT2D eigenvalue weighted by Gasteiger charge is -2.04. The molecule has 0 spiro atoms. The molecule has 2 aromatic heterocycles. The highest BCUT2D eigenvalue weighted by Crippen LogP contribution is 2.29. The Kier molecular flexibility index (Phi) is 2.96. The first-order valence-electron chi connectivity index (χ1n) is 6.05. The summed E-state index contributed by atoms with van der Waals surface area (Å²) in [6.07, 6.45) is 0. The van der Waals surface area contributed by atoms with Gasteiger partial charge >= 0.3 is 0 Å². The van der Waals surface area contributed by atoms with Crippen LogP contribution >= 0.6 is 15.9 Å². The van der Waals surface area contributed by atoms with Gasteiger partial charge in [-0.1, -0.05) is 12.1 Å². The van der Waals surface area contributed by atoms with Crippen LogP contribution in [0.3, 0.4) is 0 Å². The molecule has 3 aromatic rings. The third-order valence-electron chi connectivity index (χ3n) is 3.26. The third-order valence-corrected chi connectivity index (χ3v) is 4.10. The molecule has 2 N–H and O–H groups in total. The molecule has 0 amide bonds. The van der Waals surface area contributed by atoms with E-state index in [1.807, 2.05) is 35.6 Å². The van der Waals surface area contributed by atoms with Gasteiger partial charge in [-0.25, -0.2) is 4.98 Å². The van der Waals surface area contributed by atoms with E-state index in [9.17, 15) is 0 Å². The first kappa shape index (κ1) is 12.7. The number of anilines is 1. The van der Waals surface area contributed by atoms with Gasteiger partial charge in [0.25, 0.3) is 0 Å². The van der Waals surface area contributed by atoms with E-state index in [-0.39, 0.29) is 0 Å². The van der Waals surface area contributed by atoms with Gasteiger partial charge in [0, 0.05) is 15.7 Å². The quantitative estimate of drug-likeness (QED) is 0.743. The molecule has 0 aliphatic carbocycles. The lowest BCUT2D eigenvalue weighted by molar-refractivity contribution is 1.09. The molecule has 20 heavy (non-hydrogen) atoms. The van der Waals surface area contributed by atoms with Crippen LogP contribution in [0, 0.1) is 18.3 Å². The Morgan fingerprint density at radius 1 is 1.30 bits per heavy atom. The van der Waals surface area contributed by atoms with E-state index in [2.05, 4.69) is 27.0 Å². The summed E-state index contributed by atoms with van der Waals surface area (Å²) < 4.78 is 2.88. The van der Waals surface area contributed by atoms with E-state index in [1.54, 1.807) is 12.1 Å². The Morgan fingerprint density at radius 3 is 2.85 bits per heavy atom. The van der Waals surface area contributed by atoms with Crippen LogP contribution in [0.4, 0.5) is 5.82 Å². The van der Waals surface area contributed by atoms with Crippen molar-refractivity contribution in [3.63, 3.8) is 0 Å². The van der Waals surface area contributed by atoms with Crippen LogP contribution in [0.25, 0.3) is 16.9 Å². The van der Waals surface area contributed by atoms with Crippen molar-refractivity contribution in [1.29, 1.82) is 5.26 Å². The molecule has 1 aromatic carbocycles. The van der Waals surface area contributed by atoms with Gasteiger partial charge in [0.15, 0.2) is 0 Å². The molecule has 0 saturated heterocycles. The number of hydrogen-bond acceptors (Lipinski definition) is 3. The summed E-state index contributed by atoms with van der Waals surface area (Å²) in [5.41, 5.74) is 10.2. The normalized spacial score (nSPS) is 10.7. The molecule has 0 unspecified atom stereocenters. The molecule has 0 radical (unpaired) electrons. The molecule has 3 rings (SSSR count). The first-order chi connectivity index (χ1) is 9.61. The summed E-state index contributed by atoms with van der Waals surface area (Å²) in [5, 5.41) is 8.99. The number of aromatic nitrogens is 2. The molecule has 0 bridgehead atoms. The molecule has 2 heterocycles. The third kappa shape index (κ3) is 1.86. The van der Waals surface area contributed by atoms with Crippen molar-refractivity contribution in [3.05, 3.63) is 52.1 Å². The lowest BCUT2D eigenvalue weighted by Crippen LogP contribution is -1.98. The number of hydrogen-bond donors (Lipinski definition) is 1. The predicted octanol–water partition coefficient (Wildman–Crippen LogP) is 3.53. The fourth-order valence-electron chi connectivity index (χ4n) is 2.24. The molecule has 0 fully saturated rings. The summed E-state index contributed by atoms with van der Waals surface area (Å²) >= 11 is 3.49. The Morgan fingerprint density at radius 2 is 2.10 bits per heavy atom. The number of imidazole rings is 1. The van der Waals surface area contributed by atoms with Crippen LogP contribution in [-0.4, -0.2) is 9.38 Å².